The van der Waals surface area contributed by atoms with Gasteiger partial charge in [0.1, 0.15) is 5.82 Å². The predicted molar refractivity (Wildman–Crippen MR) is 89.0 cm³/mol. The van der Waals surface area contributed by atoms with Crippen molar-refractivity contribution in [1.29, 1.82) is 0 Å². The standard InChI is InChI=1S/C18H15FN4O2/c19-15-6-2-1-5-14(15)16(24)11-23-18(25)13-9-21-17(22-10-13)12-4-3-7-20-8-12/h1-10,16,24H,11H2,(H,23,25). The van der Waals surface area contributed by atoms with E-state index in [1.54, 1.807) is 24.5 Å². The Balaban J connectivity index is 1.63. The van der Waals surface area contributed by atoms with Crippen LogP contribution in [0, 0.1) is 5.82 Å². The van der Waals surface area contributed by atoms with Crippen molar-refractivity contribution in [2.75, 3.05) is 6.54 Å². The number of carbonyl (C=O) groups excluding carboxylic acids is 1. The number of pyridine rings is 1. The number of amides is 1. The first-order valence-electron chi connectivity index (χ1n) is 7.58. The molecule has 1 aromatic carbocycles. The van der Waals surface area contributed by atoms with E-state index in [1.807, 2.05) is 6.07 Å². The topological polar surface area (TPSA) is 88.0 Å². The molecule has 1 unspecified atom stereocenters. The summed E-state index contributed by atoms with van der Waals surface area (Å²) in [5.41, 5.74) is 1.11. The normalized spacial score (nSPS) is 11.8. The first kappa shape index (κ1) is 16.7. The highest BCUT2D eigenvalue weighted by atomic mass is 19.1. The SMILES string of the molecule is O=C(NCC(O)c1ccccc1F)c1cnc(-c2cccnc2)nc1. The van der Waals surface area contributed by atoms with Gasteiger partial charge in [0, 0.05) is 42.5 Å². The number of aromatic nitrogens is 3. The third-order valence-corrected chi connectivity index (χ3v) is 3.55. The van der Waals surface area contributed by atoms with E-state index < -0.39 is 17.8 Å². The van der Waals surface area contributed by atoms with Crippen LogP contribution in [0.1, 0.15) is 22.0 Å². The number of aliphatic hydroxyl groups is 1. The Morgan fingerprint density at radius 3 is 2.56 bits per heavy atom. The van der Waals surface area contributed by atoms with Crippen molar-refractivity contribution in [2.45, 2.75) is 6.10 Å². The van der Waals surface area contributed by atoms with Gasteiger partial charge in [0.25, 0.3) is 5.91 Å². The quantitative estimate of drug-likeness (QED) is 0.744. The lowest BCUT2D eigenvalue weighted by Gasteiger charge is -2.13. The molecular weight excluding hydrogens is 323 g/mol. The molecule has 2 heterocycles. The summed E-state index contributed by atoms with van der Waals surface area (Å²) < 4.78 is 13.6. The predicted octanol–water partition coefficient (Wildman–Crippen LogP) is 2.14. The summed E-state index contributed by atoms with van der Waals surface area (Å²) in [6.45, 7) is -0.121. The molecule has 3 rings (SSSR count). The van der Waals surface area contributed by atoms with Crippen LogP contribution in [0.2, 0.25) is 0 Å². The van der Waals surface area contributed by atoms with Crippen LogP contribution in [0.5, 0.6) is 0 Å². The Kier molecular flexibility index (Phi) is 5.06. The number of nitrogens with zero attached hydrogens (tertiary/aromatic N) is 3. The fourth-order valence-electron chi connectivity index (χ4n) is 2.24. The second kappa shape index (κ2) is 7.59. The van der Waals surface area contributed by atoms with Crippen molar-refractivity contribution in [1.82, 2.24) is 20.3 Å². The number of rotatable bonds is 5. The third-order valence-electron chi connectivity index (χ3n) is 3.55. The Hall–Kier alpha value is -3.19. The zero-order valence-electron chi connectivity index (χ0n) is 13.1. The first-order chi connectivity index (χ1) is 12.1. The minimum absolute atomic E-state index is 0.121. The molecule has 0 bridgehead atoms. The van der Waals surface area contributed by atoms with Crippen LogP contribution in [-0.2, 0) is 0 Å². The molecule has 6 nitrogen and oxygen atoms in total. The number of hydrogen-bond donors (Lipinski definition) is 2. The smallest absolute Gasteiger partial charge is 0.254 e. The van der Waals surface area contributed by atoms with E-state index in [0.717, 1.165) is 5.56 Å². The highest BCUT2D eigenvalue weighted by Gasteiger charge is 2.14. The van der Waals surface area contributed by atoms with Crippen LogP contribution in [0.15, 0.2) is 61.2 Å². The van der Waals surface area contributed by atoms with Crippen molar-refractivity contribution < 1.29 is 14.3 Å². The van der Waals surface area contributed by atoms with Gasteiger partial charge in [-0.1, -0.05) is 18.2 Å². The van der Waals surface area contributed by atoms with Gasteiger partial charge >= 0.3 is 0 Å². The lowest BCUT2D eigenvalue weighted by atomic mass is 10.1. The summed E-state index contributed by atoms with van der Waals surface area (Å²) >= 11 is 0. The van der Waals surface area contributed by atoms with Gasteiger partial charge in [-0.25, -0.2) is 14.4 Å². The zero-order valence-corrected chi connectivity index (χ0v) is 13.1. The fraction of sp³-hybridized carbons (Fsp3) is 0.111. The number of carbonyl (C=O) groups is 1. The maximum atomic E-state index is 13.6. The summed E-state index contributed by atoms with van der Waals surface area (Å²) in [4.78, 5) is 24.4. The van der Waals surface area contributed by atoms with Gasteiger partial charge in [-0.15, -0.1) is 0 Å². The van der Waals surface area contributed by atoms with Crippen molar-refractivity contribution in [3.05, 3.63) is 78.1 Å². The van der Waals surface area contributed by atoms with Gasteiger partial charge < -0.3 is 10.4 Å². The van der Waals surface area contributed by atoms with Crippen LogP contribution < -0.4 is 5.32 Å². The molecule has 0 fully saturated rings. The van der Waals surface area contributed by atoms with Crippen molar-refractivity contribution >= 4 is 5.91 Å². The Morgan fingerprint density at radius 2 is 1.88 bits per heavy atom. The zero-order chi connectivity index (χ0) is 17.6. The molecule has 0 aliphatic heterocycles. The number of halogens is 1. The van der Waals surface area contributed by atoms with Gasteiger partial charge in [0.05, 0.1) is 11.7 Å². The molecule has 126 valence electrons. The molecule has 2 aromatic heterocycles. The maximum absolute atomic E-state index is 13.6. The fourth-order valence-corrected chi connectivity index (χ4v) is 2.24. The van der Waals surface area contributed by atoms with Crippen LogP contribution in [0.3, 0.4) is 0 Å². The van der Waals surface area contributed by atoms with Gasteiger partial charge in [0.15, 0.2) is 5.82 Å². The average Bonchev–Trinajstić information content (AvgIpc) is 2.67. The van der Waals surface area contributed by atoms with Gasteiger partial charge in [0.2, 0.25) is 0 Å². The number of benzene rings is 1. The molecule has 0 saturated heterocycles. The molecule has 2 N–H and O–H groups in total. The Bertz CT molecular complexity index is 856. The second-order valence-electron chi connectivity index (χ2n) is 5.28. The van der Waals surface area contributed by atoms with E-state index in [0.29, 0.717) is 5.82 Å². The number of aliphatic hydroxyl groups excluding tert-OH is 1. The summed E-state index contributed by atoms with van der Waals surface area (Å²) in [6, 6.07) is 9.46. The van der Waals surface area contributed by atoms with Gasteiger partial charge in [-0.3, -0.25) is 9.78 Å². The molecule has 7 heteroatoms. The van der Waals surface area contributed by atoms with Gasteiger partial charge in [-0.05, 0) is 18.2 Å². The van der Waals surface area contributed by atoms with Crippen LogP contribution in [0.25, 0.3) is 11.4 Å². The summed E-state index contributed by atoms with van der Waals surface area (Å²) in [5, 5.41) is 12.5. The molecule has 1 amide bonds. The third kappa shape index (κ3) is 4.02. The molecule has 0 aliphatic carbocycles. The van der Waals surface area contributed by atoms with Crippen LogP contribution in [0.4, 0.5) is 4.39 Å². The lowest BCUT2D eigenvalue weighted by Crippen LogP contribution is -2.29. The molecule has 3 aromatic rings. The van der Waals surface area contributed by atoms with E-state index in [-0.39, 0.29) is 17.7 Å². The average molecular weight is 338 g/mol. The number of nitrogens with one attached hydrogen (secondary N) is 1. The number of hydrogen-bond acceptors (Lipinski definition) is 5. The highest BCUT2D eigenvalue weighted by molar-refractivity contribution is 5.93. The summed E-state index contributed by atoms with van der Waals surface area (Å²) in [5.74, 6) is -0.516. The summed E-state index contributed by atoms with van der Waals surface area (Å²) in [7, 11) is 0. The first-order valence-corrected chi connectivity index (χ1v) is 7.58. The second-order valence-corrected chi connectivity index (χ2v) is 5.28. The molecule has 0 spiro atoms. The largest absolute Gasteiger partial charge is 0.386 e. The van der Waals surface area contributed by atoms with E-state index >= 15 is 0 Å². The van der Waals surface area contributed by atoms with E-state index in [9.17, 15) is 14.3 Å². The molecule has 0 aliphatic rings. The maximum Gasteiger partial charge on any atom is 0.254 e. The Morgan fingerprint density at radius 1 is 1.12 bits per heavy atom. The molecule has 0 saturated carbocycles. The van der Waals surface area contributed by atoms with Crippen molar-refractivity contribution in [3.8, 4) is 11.4 Å². The molecular formula is C18H15FN4O2. The van der Waals surface area contributed by atoms with Crippen molar-refractivity contribution in [2.24, 2.45) is 0 Å². The highest BCUT2D eigenvalue weighted by Crippen LogP contribution is 2.16. The molecule has 1 atom stereocenters. The lowest BCUT2D eigenvalue weighted by molar-refractivity contribution is 0.0913. The molecule has 0 radical (unpaired) electrons. The van der Waals surface area contributed by atoms with E-state index in [2.05, 4.69) is 20.3 Å². The van der Waals surface area contributed by atoms with E-state index in [1.165, 1.54) is 30.6 Å². The monoisotopic (exact) mass is 338 g/mol. The van der Waals surface area contributed by atoms with Crippen molar-refractivity contribution in [3.63, 3.8) is 0 Å². The Labute approximate surface area is 143 Å². The van der Waals surface area contributed by atoms with Crippen LogP contribution in [-0.4, -0.2) is 32.5 Å². The minimum Gasteiger partial charge on any atom is -0.386 e. The minimum atomic E-state index is -1.14. The van der Waals surface area contributed by atoms with Crippen LogP contribution >= 0.6 is 0 Å². The van der Waals surface area contributed by atoms with Gasteiger partial charge in [-0.2, -0.15) is 0 Å². The summed E-state index contributed by atoms with van der Waals surface area (Å²) in [6.07, 6.45) is 4.91. The van der Waals surface area contributed by atoms with E-state index in [4.69, 9.17) is 0 Å². The molecule has 25 heavy (non-hydrogen) atoms.